The van der Waals surface area contributed by atoms with Crippen molar-refractivity contribution >= 4 is 29.9 Å². The smallest absolute Gasteiger partial charge is 0.423 e. The molecule has 0 amide bonds. The average Bonchev–Trinajstić information content (AvgIpc) is 2.01. The minimum absolute atomic E-state index is 0.282. The van der Waals surface area contributed by atoms with E-state index >= 15 is 0 Å². The summed E-state index contributed by atoms with van der Waals surface area (Å²) in [6.07, 6.45) is 0. The lowest BCUT2D eigenvalue weighted by atomic mass is 9.76. The SMILES string of the molecule is Nc1cccc(B(O)O)c1C(F)(F)Cl. The van der Waals surface area contributed by atoms with E-state index in [1.54, 1.807) is 0 Å². The maximum Gasteiger partial charge on any atom is 0.489 e. The molecule has 0 heterocycles. The third kappa shape index (κ3) is 2.15. The van der Waals surface area contributed by atoms with Gasteiger partial charge in [0.05, 0.1) is 5.56 Å². The van der Waals surface area contributed by atoms with Gasteiger partial charge in [-0.05, 0) is 23.1 Å². The second-order valence-corrected chi connectivity index (χ2v) is 3.16. The Morgan fingerprint density at radius 1 is 1.36 bits per heavy atom. The monoisotopic (exact) mass is 221 g/mol. The third-order valence-corrected chi connectivity index (χ3v) is 1.88. The Bertz CT molecular complexity index is 343. The molecule has 0 atom stereocenters. The van der Waals surface area contributed by atoms with Crippen LogP contribution in [0.2, 0.25) is 0 Å². The first-order valence-electron chi connectivity index (χ1n) is 3.65. The Morgan fingerprint density at radius 3 is 2.29 bits per heavy atom. The fourth-order valence-corrected chi connectivity index (χ4v) is 1.35. The molecule has 1 rings (SSSR count). The summed E-state index contributed by atoms with van der Waals surface area (Å²) in [4.78, 5) is 0. The number of halogens is 3. The number of alkyl halides is 3. The van der Waals surface area contributed by atoms with Crippen LogP contribution in [0.25, 0.3) is 0 Å². The molecule has 0 spiro atoms. The maximum absolute atomic E-state index is 12.8. The van der Waals surface area contributed by atoms with Gasteiger partial charge in [-0.2, -0.15) is 8.78 Å². The van der Waals surface area contributed by atoms with Gasteiger partial charge in [0.25, 0.3) is 0 Å². The van der Waals surface area contributed by atoms with Crippen molar-refractivity contribution in [2.75, 3.05) is 5.73 Å². The van der Waals surface area contributed by atoms with Crippen molar-refractivity contribution in [3.8, 4) is 0 Å². The van der Waals surface area contributed by atoms with Gasteiger partial charge in [-0.25, -0.2) is 0 Å². The molecule has 4 N–H and O–H groups in total. The highest BCUT2D eigenvalue weighted by atomic mass is 35.5. The highest BCUT2D eigenvalue weighted by Gasteiger charge is 2.35. The lowest BCUT2D eigenvalue weighted by Crippen LogP contribution is -2.36. The normalized spacial score (nSPS) is 11.5. The number of hydrogen-bond acceptors (Lipinski definition) is 3. The van der Waals surface area contributed by atoms with Crippen LogP contribution >= 0.6 is 11.6 Å². The Labute approximate surface area is 84.3 Å². The molecule has 0 aromatic heterocycles. The van der Waals surface area contributed by atoms with Gasteiger partial charge >= 0.3 is 12.5 Å². The van der Waals surface area contributed by atoms with Gasteiger partial charge in [-0.1, -0.05) is 12.1 Å². The van der Waals surface area contributed by atoms with Gasteiger partial charge in [-0.15, -0.1) is 0 Å². The minimum Gasteiger partial charge on any atom is -0.423 e. The molecule has 0 bridgehead atoms. The van der Waals surface area contributed by atoms with Gasteiger partial charge in [0.15, 0.2) is 0 Å². The van der Waals surface area contributed by atoms with Crippen molar-refractivity contribution in [2.45, 2.75) is 5.38 Å². The second kappa shape index (κ2) is 3.72. The molecule has 76 valence electrons. The fourth-order valence-electron chi connectivity index (χ4n) is 1.13. The van der Waals surface area contributed by atoms with Gasteiger partial charge < -0.3 is 15.8 Å². The predicted octanol–water partition coefficient (Wildman–Crippen LogP) is 0.237. The van der Waals surface area contributed by atoms with Gasteiger partial charge in [0.2, 0.25) is 0 Å². The van der Waals surface area contributed by atoms with Crippen LogP contribution < -0.4 is 11.2 Å². The zero-order chi connectivity index (χ0) is 10.9. The molecule has 7 heteroatoms. The van der Waals surface area contributed by atoms with Crippen LogP contribution in [0.1, 0.15) is 5.56 Å². The number of nitrogen functional groups attached to an aromatic ring is 1. The molecule has 3 nitrogen and oxygen atoms in total. The number of hydrogen-bond donors (Lipinski definition) is 3. The number of anilines is 1. The molecule has 0 aliphatic carbocycles. The van der Waals surface area contributed by atoms with E-state index in [0.29, 0.717) is 0 Å². The van der Waals surface area contributed by atoms with Crippen LogP contribution in [0.4, 0.5) is 14.5 Å². The van der Waals surface area contributed by atoms with Crippen LogP contribution in [-0.2, 0) is 5.38 Å². The molecule has 0 aliphatic rings. The van der Waals surface area contributed by atoms with Crippen LogP contribution in [0.5, 0.6) is 0 Å². The standard InChI is InChI=1S/C7H7BClF2NO2/c9-7(10,11)6-4(8(13)14)2-1-3-5(6)12/h1-3,13-14H,12H2. The third-order valence-electron chi connectivity index (χ3n) is 1.69. The van der Waals surface area contributed by atoms with E-state index < -0.39 is 23.5 Å². The lowest BCUT2D eigenvalue weighted by Gasteiger charge is -2.15. The maximum atomic E-state index is 12.8. The van der Waals surface area contributed by atoms with E-state index in [-0.39, 0.29) is 5.69 Å². The second-order valence-electron chi connectivity index (χ2n) is 2.68. The quantitative estimate of drug-likeness (QED) is 0.381. The molecule has 1 aromatic carbocycles. The van der Waals surface area contributed by atoms with E-state index in [1.165, 1.54) is 12.1 Å². The number of rotatable bonds is 2. The first kappa shape index (κ1) is 11.2. The van der Waals surface area contributed by atoms with Crippen molar-refractivity contribution in [2.24, 2.45) is 0 Å². The predicted molar refractivity (Wildman–Crippen MR) is 50.4 cm³/mol. The van der Waals surface area contributed by atoms with Crippen LogP contribution in [-0.4, -0.2) is 17.2 Å². The fraction of sp³-hybridized carbons (Fsp3) is 0.143. The largest absolute Gasteiger partial charge is 0.489 e. The van der Waals surface area contributed by atoms with Crippen molar-refractivity contribution in [1.82, 2.24) is 0 Å². The summed E-state index contributed by atoms with van der Waals surface area (Å²) in [7, 11) is -2.03. The first-order chi connectivity index (χ1) is 6.34. The molecule has 0 aliphatic heterocycles. The summed E-state index contributed by atoms with van der Waals surface area (Å²) in [5.41, 5.74) is 3.81. The van der Waals surface area contributed by atoms with Crippen molar-refractivity contribution in [3.05, 3.63) is 23.8 Å². The molecule has 0 radical (unpaired) electrons. The lowest BCUT2D eigenvalue weighted by molar-refractivity contribution is 0.0968. The summed E-state index contributed by atoms with van der Waals surface area (Å²) < 4.78 is 25.6. The number of benzene rings is 1. The van der Waals surface area contributed by atoms with Crippen molar-refractivity contribution in [1.29, 1.82) is 0 Å². The minimum atomic E-state index is -3.72. The van der Waals surface area contributed by atoms with Crippen LogP contribution in [0.15, 0.2) is 18.2 Å². The molecule has 0 unspecified atom stereocenters. The van der Waals surface area contributed by atoms with Crippen LogP contribution in [0, 0.1) is 0 Å². The van der Waals surface area contributed by atoms with E-state index in [9.17, 15) is 8.78 Å². The Morgan fingerprint density at radius 2 is 1.93 bits per heavy atom. The molecular formula is C7H7BClF2NO2. The zero-order valence-corrected chi connectivity index (χ0v) is 7.67. The first-order valence-corrected chi connectivity index (χ1v) is 4.03. The molecule has 0 fully saturated rings. The average molecular weight is 221 g/mol. The summed E-state index contributed by atoms with van der Waals surface area (Å²) in [6, 6.07) is 3.65. The van der Waals surface area contributed by atoms with E-state index in [4.69, 9.17) is 27.4 Å². The topological polar surface area (TPSA) is 66.5 Å². The number of nitrogens with two attached hydrogens (primary N) is 1. The van der Waals surface area contributed by atoms with E-state index in [2.05, 4.69) is 0 Å². The highest BCUT2D eigenvalue weighted by Crippen LogP contribution is 2.34. The summed E-state index contributed by atoms with van der Waals surface area (Å²) in [6.45, 7) is 0. The molecule has 0 saturated carbocycles. The Balaban J connectivity index is 3.38. The summed E-state index contributed by atoms with van der Waals surface area (Å²) >= 11 is 4.78. The van der Waals surface area contributed by atoms with E-state index in [1.807, 2.05) is 0 Å². The highest BCUT2D eigenvalue weighted by molar-refractivity contribution is 6.59. The Kier molecular flexibility index (Phi) is 2.99. The van der Waals surface area contributed by atoms with E-state index in [0.717, 1.165) is 6.07 Å². The van der Waals surface area contributed by atoms with Crippen molar-refractivity contribution in [3.63, 3.8) is 0 Å². The molecule has 1 aromatic rings. The zero-order valence-electron chi connectivity index (χ0n) is 6.92. The molecule has 14 heavy (non-hydrogen) atoms. The molecule has 0 saturated heterocycles. The Hall–Kier alpha value is -0.845. The van der Waals surface area contributed by atoms with Gasteiger partial charge in [0.1, 0.15) is 0 Å². The molecular weight excluding hydrogens is 214 g/mol. The van der Waals surface area contributed by atoms with Gasteiger partial charge in [-0.3, -0.25) is 0 Å². The van der Waals surface area contributed by atoms with Gasteiger partial charge in [0, 0.05) is 5.69 Å². The van der Waals surface area contributed by atoms with Crippen LogP contribution in [0.3, 0.4) is 0 Å². The summed E-state index contributed by atoms with van der Waals surface area (Å²) in [5, 5.41) is 13.9. The summed E-state index contributed by atoms with van der Waals surface area (Å²) in [5.74, 6) is 0. The van der Waals surface area contributed by atoms with Crippen molar-refractivity contribution < 1.29 is 18.8 Å².